The van der Waals surface area contributed by atoms with Crippen molar-refractivity contribution in [2.45, 2.75) is 13.3 Å². The highest BCUT2D eigenvalue weighted by molar-refractivity contribution is 6.27. The number of hydrogen-bond acceptors (Lipinski definition) is 4. The molecule has 0 atom stereocenters. The van der Waals surface area contributed by atoms with E-state index in [1.807, 2.05) is 6.08 Å². The molecule has 1 aliphatic rings. The van der Waals surface area contributed by atoms with E-state index in [9.17, 15) is 4.79 Å². The summed E-state index contributed by atoms with van der Waals surface area (Å²) >= 11 is 0. The number of hydrogen-bond donors (Lipinski definition) is 2. The number of likely N-dealkylation sites (N-methyl/N-ethyl adjacent to an activating group) is 1. The van der Waals surface area contributed by atoms with E-state index >= 15 is 0 Å². The first-order chi connectivity index (χ1) is 7.34. The van der Waals surface area contributed by atoms with Crippen molar-refractivity contribution in [1.29, 1.82) is 0 Å². The molecule has 0 aliphatic carbocycles. The summed E-state index contributed by atoms with van der Waals surface area (Å²) in [7, 11) is 2.06. The number of carbonyl (C=O) groups is 3. The minimum Gasteiger partial charge on any atom is -0.473 e. The predicted octanol–water partition coefficient (Wildman–Crippen LogP) is -0.00710. The third-order valence-electron chi connectivity index (χ3n) is 2.05. The monoisotopic (exact) mass is 229 g/mol. The van der Waals surface area contributed by atoms with Crippen LogP contribution in [0.25, 0.3) is 0 Å². The van der Waals surface area contributed by atoms with Crippen LogP contribution in [0.3, 0.4) is 0 Å². The number of carboxylic acids is 2. The maximum atomic E-state index is 10.8. The first-order valence-corrected chi connectivity index (χ1v) is 4.69. The molecule has 0 spiro atoms. The standard InChI is InChI=1S/C8H13NO.C2H2O4/c1-7(10)8-3-5-9(2)6-4-8;3-1(4)2(5)6/h3H,4-6H2,1-2H3;(H,3,4)(H,5,6). The zero-order valence-corrected chi connectivity index (χ0v) is 9.27. The Balaban J connectivity index is 0.000000325. The molecular weight excluding hydrogens is 214 g/mol. The van der Waals surface area contributed by atoms with Crippen LogP contribution in [-0.4, -0.2) is 53.0 Å². The Morgan fingerprint density at radius 2 is 1.75 bits per heavy atom. The molecule has 90 valence electrons. The van der Waals surface area contributed by atoms with Gasteiger partial charge in [0.2, 0.25) is 0 Å². The van der Waals surface area contributed by atoms with Gasteiger partial charge in [-0.3, -0.25) is 4.79 Å². The first-order valence-electron chi connectivity index (χ1n) is 4.69. The van der Waals surface area contributed by atoms with Crippen molar-refractivity contribution in [3.8, 4) is 0 Å². The van der Waals surface area contributed by atoms with Crippen LogP contribution in [0, 0.1) is 0 Å². The number of carboxylic acid groups (broad SMARTS) is 2. The van der Waals surface area contributed by atoms with Crippen LogP contribution in [0.2, 0.25) is 0 Å². The summed E-state index contributed by atoms with van der Waals surface area (Å²) in [6, 6.07) is 0. The number of aliphatic carboxylic acids is 2. The van der Waals surface area contributed by atoms with Crippen LogP contribution in [0.4, 0.5) is 0 Å². The van der Waals surface area contributed by atoms with Crippen molar-refractivity contribution in [2.24, 2.45) is 0 Å². The highest BCUT2D eigenvalue weighted by Crippen LogP contribution is 2.09. The van der Waals surface area contributed by atoms with E-state index in [0.29, 0.717) is 0 Å². The van der Waals surface area contributed by atoms with Crippen molar-refractivity contribution >= 4 is 17.7 Å². The molecule has 0 radical (unpaired) electrons. The summed E-state index contributed by atoms with van der Waals surface area (Å²) in [6.45, 7) is 3.58. The Morgan fingerprint density at radius 3 is 2.00 bits per heavy atom. The second-order valence-electron chi connectivity index (χ2n) is 3.41. The Bertz CT molecular complexity index is 309. The van der Waals surface area contributed by atoms with Crippen molar-refractivity contribution < 1.29 is 24.6 Å². The molecule has 16 heavy (non-hydrogen) atoms. The lowest BCUT2D eigenvalue weighted by molar-refractivity contribution is -0.159. The van der Waals surface area contributed by atoms with Crippen LogP contribution < -0.4 is 0 Å². The quantitative estimate of drug-likeness (QED) is 0.614. The minimum atomic E-state index is -1.82. The summed E-state index contributed by atoms with van der Waals surface area (Å²) in [6.07, 6.45) is 2.94. The van der Waals surface area contributed by atoms with E-state index in [0.717, 1.165) is 25.1 Å². The fourth-order valence-electron chi connectivity index (χ4n) is 1.09. The second kappa shape index (κ2) is 6.73. The molecular formula is C10H15NO5. The third kappa shape index (κ3) is 5.92. The second-order valence-corrected chi connectivity index (χ2v) is 3.41. The van der Waals surface area contributed by atoms with Gasteiger partial charge in [0.05, 0.1) is 0 Å². The van der Waals surface area contributed by atoms with E-state index < -0.39 is 11.9 Å². The molecule has 0 aromatic heterocycles. The van der Waals surface area contributed by atoms with E-state index in [4.69, 9.17) is 19.8 Å². The molecule has 0 fully saturated rings. The van der Waals surface area contributed by atoms with Crippen LogP contribution >= 0.6 is 0 Å². The Hall–Kier alpha value is -1.69. The van der Waals surface area contributed by atoms with E-state index in [1.54, 1.807) is 6.92 Å². The molecule has 6 heteroatoms. The molecule has 6 nitrogen and oxygen atoms in total. The lowest BCUT2D eigenvalue weighted by Gasteiger charge is -2.20. The fourth-order valence-corrected chi connectivity index (χ4v) is 1.09. The van der Waals surface area contributed by atoms with Gasteiger partial charge in [0.15, 0.2) is 5.78 Å². The molecule has 0 aromatic carbocycles. The van der Waals surface area contributed by atoms with Crippen molar-refractivity contribution in [3.05, 3.63) is 11.6 Å². The maximum Gasteiger partial charge on any atom is 0.414 e. The van der Waals surface area contributed by atoms with Gasteiger partial charge in [-0.1, -0.05) is 6.08 Å². The van der Waals surface area contributed by atoms with Gasteiger partial charge in [-0.05, 0) is 26.0 Å². The highest BCUT2D eigenvalue weighted by atomic mass is 16.4. The topological polar surface area (TPSA) is 94.9 Å². The van der Waals surface area contributed by atoms with Crippen molar-refractivity contribution in [3.63, 3.8) is 0 Å². The fraction of sp³-hybridized carbons (Fsp3) is 0.500. The molecule has 1 heterocycles. The van der Waals surface area contributed by atoms with Gasteiger partial charge in [-0.25, -0.2) is 9.59 Å². The predicted molar refractivity (Wildman–Crippen MR) is 56.1 cm³/mol. The Labute approximate surface area is 93.2 Å². The number of ketones is 1. The molecule has 2 N–H and O–H groups in total. The zero-order chi connectivity index (χ0) is 12.7. The molecule has 0 saturated carbocycles. The molecule has 0 aromatic rings. The number of nitrogens with zero attached hydrogens (tertiary/aromatic N) is 1. The molecule has 0 amide bonds. The smallest absolute Gasteiger partial charge is 0.414 e. The van der Waals surface area contributed by atoms with Gasteiger partial charge in [0.25, 0.3) is 0 Å². The molecule has 0 saturated heterocycles. The summed E-state index contributed by atoms with van der Waals surface area (Å²) in [5.41, 5.74) is 0.998. The largest absolute Gasteiger partial charge is 0.473 e. The molecule has 0 bridgehead atoms. The molecule has 0 unspecified atom stereocenters. The number of carbonyl (C=O) groups excluding carboxylic acids is 1. The number of rotatable bonds is 1. The van der Waals surface area contributed by atoms with Gasteiger partial charge < -0.3 is 15.1 Å². The maximum absolute atomic E-state index is 10.8. The van der Waals surface area contributed by atoms with Crippen LogP contribution in [0.15, 0.2) is 11.6 Å². The summed E-state index contributed by atoms with van der Waals surface area (Å²) < 4.78 is 0. The average molecular weight is 229 g/mol. The van der Waals surface area contributed by atoms with Crippen molar-refractivity contribution in [1.82, 2.24) is 4.90 Å². The Morgan fingerprint density at radius 1 is 1.25 bits per heavy atom. The minimum absolute atomic E-state index is 0.230. The number of Topliss-reactive ketones (excluding diaryl/α,β-unsaturated/α-hetero) is 1. The first kappa shape index (κ1) is 14.3. The van der Waals surface area contributed by atoms with Gasteiger partial charge in [0, 0.05) is 13.1 Å². The summed E-state index contributed by atoms with van der Waals surface area (Å²) in [5.74, 6) is -3.42. The van der Waals surface area contributed by atoms with Crippen LogP contribution in [0.5, 0.6) is 0 Å². The highest BCUT2D eigenvalue weighted by Gasteiger charge is 2.09. The summed E-state index contributed by atoms with van der Waals surface area (Å²) in [5, 5.41) is 14.8. The average Bonchev–Trinajstić information content (AvgIpc) is 2.19. The van der Waals surface area contributed by atoms with Gasteiger partial charge in [0.1, 0.15) is 0 Å². The van der Waals surface area contributed by atoms with Gasteiger partial charge >= 0.3 is 11.9 Å². The molecule has 1 aliphatic heterocycles. The molecule has 1 rings (SSSR count). The SMILES string of the molecule is CC(=O)C1=CCN(C)CC1.O=C(O)C(=O)O. The Kier molecular flexibility index (Phi) is 6.02. The van der Waals surface area contributed by atoms with Gasteiger partial charge in [-0.2, -0.15) is 0 Å². The van der Waals surface area contributed by atoms with E-state index in [-0.39, 0.29) is 5.78 Å². The normalized spacial score (nSPS) is 15.5. The van der Waals surface area contributed by atoms with Crippen LogP contribution in [-0.2, 0) is 14.4 Å². The van der Waals surface area contributed by atoms with Crippen molar-refractivity contribution in [2.75, 3.05) is 20.1 Å². The van der Waals surface area contributed by atoms with E-state index in [2.05, 4.69) is 11.9 Å². The lowest BCUT2D eigenvalue weighted by Crippen LogP contribution is -2.25. The van der Waals surface area contributed by atoms with E-state index in [1.165, 1.54) is 0 Å². The van der Waals surface area contributed by atoms with Gasteiger partial charge in [-0.15, -0.1) is 0 Å². The van der Waals surface area contributed by atoms with Crippen LogP contribution in [0.1, 0.15) is 13.3 Å². The lowest BCUT2D eigenvalue weighted by atomic mass is 10.1. The summed E-state index contributed by atoms with van der Waals surface area (Å²) in [4.78, 5) is 31.2. The zero-order valence-electron chi connectivity index (χ0n) is 9.27. The third-order valence-corrected chi connectivity index (χ3v) is 2.05.